The number of para-hydroxylation sites is 3. The number of benzene rings is 2. The molecule has 1 aromatic heterocycles. The lowest BCUT2D eigenvalue weighted by atomic mass is 10.2. The number of aromatic nitrogens is 1. The van der Waals surface area contributed by atoms with Crippen molar-refractivity contribution in [3.05, 3.63) is 48.5 Å². The maximum atomic E-state index is 12.3. The molecule has 0 spiro atoms. The second kappa shape index (κ2) is 10.0. The van der Waals surface area contributed by atoms with E-state index in [1.807, 2.05) is 0 Å². The van der Waals surface area contributed by atoms with E-state index in [-0.39, 0.29) is 31.3 Å². The Labute approximate surface area is 193 Å². The predicted molar refractivity (Wildman–Crippen MR) is 119 cm³/mol. The van der Waals surface area contributed by atoms with Gasteiger partial charge in [-0.1, -0.05) is 30.3 Å². The molecule has 0 saturated heterocycles. The minimum atomic E-state index is -0.912. The lowest BCUT2D eigenvalue weighted by molar-refractivity contribution is -0.143. The van der Waals surface area contributed by atoms with E-state index < -0.39 is 30.4 Å². The summed E-state index contributed by atoms with van der Waals surface area (Å²) in [5.74, 6) is -1.16. The number of carbonyl (C=O) groups excluding carboxylic acids is 3. The second-order valence-corrected chi connectivity index (χ2v) is 7.26. The summed E-state index contributed by atoms with van der Waals surface area (Å²) in [7, 11) is 0. The number of aromatic hydroxyl groups is 1. The fraction of sp³-hybridized carbons (Fsp3) is 0.261. The van der Waals surface area contributed by atoms with Crippen LogP contribution in [0.4, 0.5) is 5.69 Å². The van der Waals surface area contributed by atoms with Crippen LogP contribution in [0.5, 0.6) is 17.4 Å². The molecule has 176 valence electrons. The van der Waals surface area contributed by atoms with Gasteiger partial charge in [-0.2, -0.15) is 0 Å². The molecule has 1 aliphatic heterocycles. The van der Waals surface area contributed by atoms with Crippen LogP contribution in [0.3, 0.4) is 0 Å². The molecule has 0 aliphatic carbocycles. The number of nitrogens with one attached hydrogen (secondary N) is 1. The van der Waals surface area contributed by atoms with Gasteiger partial charge in [0.1, 0.15) is 19.7 Å². The predicted octanol–water partition coefficient (Wildman–Crippen LogP) is 2.48. The van der Waals surface area contributed by atoms with Crippen LogP contribution in [0.15, 0.2) is 58.8 Å². The molecule has 11 nitrogen and oxygen atoms in total. The number of esters is 1. The van der Waals surface area contributed by atoms with Crippen molar-refractivity contribution < 1.29 is 33.7 Å². The molecular weight excluding hydrogens is 444 g/mol. The van der Waals surface area contributed by atoms with E-state index in [2.05, 4.69) is 15.5 Å². The molecule has 11 heteroatoms. The van der Waals surface area contributed by atoms with Crippen LogP contribution in [0.2, 0.25) is 0 Å². The number of amides is 2. The quantitative estimate of drug-likeness (QED) is 0.402. The van der Waals surface area contributed by atoms with E-state index in [1.165, 1.54) is 4.57 Å². The van der Waals surface area contributed by atoms with Crippen molar-refractivity contribution in [2.45, 2.75) is 19.6 Å². The summed E-state index contributed by atoms with van der Waals surface area (Å²) in [6.07, 6.45) is -0.912. The molecule has 2 aromatic carbocycles. The van der Waals surface area contributed by atoms with Crippen LogP contribution in [0.1, 0.15) is 6.92 Å². The van der Waals surface area contributed by atoms with Crippen LogP contribution in [-0.4, -0.2) is 53.3 Å². The van der Waals surface area contributed by atoms with Gasteiger partial charge in [0.2, 0.25) is 12.0 Å². The maximum Gasteiger partial charge on any atom is 0.326 e. The Bertz CT molecular complexity index is 1270. The third kappa shape index (κ3) is 4.82. The van der Waals surface area contributed by atoms with Gasteiger partial charge >= 0.3 is 5.97 Å². The largest absolute Gasteiger partial charge is 0.493 e. The summed E-state index contributed by atoms with van der Waals surface area (Å²) >= 11 is 0. The summed E-state index contributed by atoms with van der Waals surface area (Å²) in [5, 5.41) is 21.0. The molecule has 0 fully saturated rings. The van der Waals surface area contributed by atoms with Gasteiger partial charge in [0.25, 0.3) is 11.8 Å². The van der Waals surface area contributed by atoms with Crippen LogP contribution in [0.25, 0.3) is 10.9 Å². The van der Waals surface area contributed by atoms with Gasteiger partial charge in [0, 0.05) is 5.39 Å². The van der Waals surface area contributed by atoms with E-state index in [4.69, 9.17) is 14.2 Å². The minimum absolute atomic E-state index is 0.00635. The summed E-state index contributed by atoms with van der Waals surface area (Å²) in [5.41, 5.74) is 0.553. The van der Waals surface area contributed by atoms with Gasteiger partial charge in [-0.15, -0.1) is 10.2 Å². The SMILES string of the molecule is CCOC(=O)Cn1c(O)c(N=NC(=O)CNC(=O)[C@H]2COc3ccccc3O2)c2ccccc21. The Morgan fingerprint density at radius 2 is 1.88 bits per heavy atom. The summed E-state index contributed by atoms with van der Waals surface area (Å²) in [6, 6.07) is 13.8. The summed E-state index contributed by atoms with van der Waals surface area (Å²) < 4.78 is 17.4. The first-order valence-electron chi connectivity index (χ1n) is 10.5. The van der Waals surface area contributed by atoms with Gasteiger partial charge < -0.3 is 24.6 Å². The van der Waals surface area contributed by atoms with E-state index in [9.17, 15) is 19.5 Å². The number of nitrogens with zero attached hydrogens (tertiary/aromatic N) is 3. The van der Waals surface area contributed by atoms with Gasteiger partial charge in [0.15, 0.2) is 17.2 Å². The van der Waals surface area contributed by atoms with Crippen molar-refractivity contribution in [1.82, 2.24) is 9.88 Å². The molecule has 3 aromatic rings. The maximum absolute atomic E-state index is 12.3. The highest BCUT2D eigenvalue weighted by molar-refractivity contribution is 5.96. The zero-order valence-corrected chi connectivity index (χ0v) is 18.3. The van der Waals surface area contributed by atoms with E-state index in [1.54, 1.807) is 55.5 Å². The van der Waals surface area contributed by atoms with Crippen LogP contribution in [-0.2, 0) is 25.7 Å². The Morgan fingerprint density at radius 3 is 2.68 bits per heavy atom. The summed E-state index contributed by atoms with van der Waals surface area (Å²) in [4.78, 5) is 36.5. The topological polar surface area (TPSA) is 141 Å². The number of hydrogen-bond donors (Lipinski definition) is 2. The molecule has 4 rings (SSSR count). The van der Waals surface area contributed by atoms with Crippen molar-refractivity contribution >= 4 is 34.4 Å². The van der Waals surface area contributed by atoms with Crippen LogP contribution >= 0.6 is 0 Å². The van der Waals surface area contributed by atoms with Crippen molar-refractivity contribution in [2.75, 3.05) is 19.8 Å². The van der Waals surface area contributed by atoms with E-state index in [0.717, 1.165) is 0 Å². The molecular formula is C23H22N4O7. The van der Waals surface area contributed by atoms with E-state index in [0.29, 0.717) is 22.4 Å². The number of fused-ring (bicyclic) bond motifs is 2. The molecule has 2 amide bonds. The zero-order valence-electron chi connectivity index (χ0n) is 18.3. The standard InChI is InChI=1S/C23H22N4O7/c1-2-32-20(29)12-27-15-8-4-3-7-14(15)21(23(27)31)26-25-19(28)11-24-22(30)18-13-33-16-9-5-6-10-17(16)34-18/h3-10,18,31H,2,11-13H2,1H3,(H,24,30)/t18-/m1/s1. The first-order chi connectivity index (χ1) is 16.5. The smallest absolute Gasteiger partial charge is 0.326 e. The average Bonchev–Trinajstić information content (AvgIpc) is 3.11. The number of hydrogen-bond acceptors (Lipinski definition) is 8. The van der Waals surface area contributed by atoms with Gasteiger partial charge in [-0.25, -0.2) is 0 Å². The lowest BCUT2D eigenvalue weighted by Crippen LogP contribution is -2.45. The van der Waals surface area contributed by atoms with Gasteiger partial charge in [0.05, 0.1) is 12.1 Å². The summed E-state index contributed by atoms with van der Waals surface area (Å²) in [6.45, 7) is 1.24. The fourth-order valence-corrected chi connectivity index (χ4v) is 3.43. The molecule has 1 atom stereocenters. The van der Waals surface area contributed by atoms with Crippen molar-refractivity contribution in [2.24, 2.45) is 10.2 Å². The average molecular weight is 466 g/mol. The second-order valence-electron chi connectivity index (χ2n) is 7.26. The first kappa shape index (κ1) is 22.8. The number of rotatable bonds is 7. The Balaban J connectivity index is 1.41. The molecule has 2 heterocycles. The molecule has 0 saturated carbocycles. The number of carbonyl (C=O) groups is 3. The highest BCUT2D eigenvalue weighted by Crippen LogP contribution is 2.38. The Hall–Kier alpha value is -4.41. The highest BCUT2D eigenvalue weighted by atomic mass is 16.6. The Kier molecular flexibility index (Phi) is 6.72. The molecule has 0 radical (unpaired) electrons. The minimum Gasteiger partial charge on any atom is -0.493 e. The third-order valence-electron chi connectivity index (χ3n) is 4.99. The Morgan fingerprint density at radius 1 is 1.15 bits per heavy atom. The number of ether oxygens (including phenoxy) is 3. The third-order valence-corrected chi connectivity index (χ3v) is 4.99. The highest BCUT2D eigenvalue weighted by Gasteiger charge is 2.27. The van der Waals surface area contributed by atoms with Crippen molar-refractivity contribution in [1.29, 1.82) is 0 Å². The van der Waals surface area contributed by atoms with Gasteiger partial charge in [-0.3, -0.25) is 19.0 Å². The van der Waals surface area contributed by atoms with Crippen molar-refractivity contribution in [3.63, 3.8) is 0 Å². The van der Waals surface area contributed by atoms with E-state index >= 15 is 0 Å². The molecule has 1 aliphatic rings. The molecule has 0 unspecified atom stereocenters. The molecule has 2 N–H and O–H groups in total. The monoisotopic (exact) mass is 466 g/mol. The lowest BCUT2D eigenvalue weighted by Gasteiger charge is -2.25. The van der Waals surface area contributed by atoms with Crippen LogP contribution < -0.4 is 14.8 Å². The van der Waals surface area contributed by atoms with Crippen molar-refractivity contribution in [3.8, 4) is 17.4 Å². The first-order valence-corrected chi connectivity index (χ1v) is 10.5. The fourth-order valence-electron chi connectivity index (χ4n) is 3.43. The molecule has 0 bridgehead atoms. The number of azo groups is 1. The zero-order chi connectivity index (χ0) is 24.1. The van der Waals surface area contributed by atoms with Crippen LogP contribution in [0, 0.1) is 0 Å². The van der Waals surface area contributed by atoms with Gasteiger partial charge in [-0.05, 0) is 25.1 Å². The normalized spacial score (nSPS) is 14.8. The molecule has 34 heavy (non-hydrogen) atoms.